The maximum atomic E-state index is 12.2. The van der Waals surface area contributed by atoms with Crippen molar-refractivity contribution < 1.29 is 9.53 Å². The molecular weight excluding hydrogens is 230 g/mol. The molecule has 2 rings (SSSR count). The predicted molar refractivity (Wildman–Crippen MR) is 70.6 cm³/mol. The van der Waals surface area contributed by atoms with E-state index < -0.39 is 0 Å². The summed E-state index contributed by atoms with van der Waals surface area (Å²) in [5.74, 6) is 0. The minimum atomic E-state index is 0.0745. The Bertz CT molecular complexity index is 263. The SMILES string of the molecule is COCCN(CC1CCCN1)C(=O)NC1CCC1. The maximum absolute atomic E-state index is 12.2. The van der Waals surface area contributed by atoms with Gasteiger partial charge in [-0.1, -0.05) is 0 Å². The van der Waals surface area contributed by atoms with Crippen LogP contribution in [0, 0.1) is 0 Å². The summed E-state index contributed by atoms with van der Waals surface area (Å²) >= 11 is 0. The van der Waals surface area contributed by atoms with Gasteiger partial charge in [0.05, 0.1) is 6.61 Å². The fourth-order valence-electron chi connectivity index (χ4n) is 2.47. The number of rotatable bonds is 6. The van der Waals surface area contributed by atoms with Crippen molar-refractivity contribution in [3.63, 3.8) is 0 Å². The molecule has 1 atom stereocenters. The van der Waals surface area contributed by atoms with Gasteiger partial charge in [-0.3, -0.25) is 0 Å². The number of hydrogen-bond donors (Lipinski definition) is 2. The molecule has 5 heteroatoms. The molecule has 0 aromatic heterocycles. The van der Waals surface area contributed by atoms with Gasteiger partial charge in [-0.05, 0) is 38.6 Å². The van der Waals surface area contributed by atoms with Crippen molar-refractivity contribution >= 4 is 6.03 Å². The Kier molecular flexibility index (Phi) is 5.26. The zero-order valence-corrected chi connectivity index (χ0v) is 11.3. The summed E-state index contributed by atoms with van der Waals surface area (Å²) in [6, 6.07) is 0.929. The van der Waals surface area contributed by atoms with Gasteiger partial charge >= 0.3 is 6.03 Å². The summed E-state index contributed by atoms with van der Waals surface area (Å²) in [7, 11) is 1.68. The second kappa shape index (κ2) is 6.95. The lowest BCUT2D eigenvalue weighted by Crippen LogP contribution is -2.51. The molecule has 18 heavy (non-hydrogen) atoms. The Hall–Kier alpha value is -0.810. The largest absolute Gasteiger partial charge is 0.383 e. The summed E-state index contributed by atoms with van der Waals surface area (Å²) in [5.41, 5.74) is 0. The van der Waals surface area contributed by atoms with Gasteiger partial charge in [-0.2, -0.15) is 0 Å². The zero-order valence-electron chi connectivity index (χ0n) is 11.3. The van der Waals surface area contributed by atoms with E-state index in [0.717, 1.165) is 25.9 Å². The van der Waals surface area contributed by atoms with Gasteiger partial charge in [0, 0.05) is 32.3 Å². The fourth-order valence-corrected chi connectivity index (χ4v) is 2.47. The first kappa shape index (κ1) is 13.6. The van der Waals surface area contributed by atoms with Gasteiger partial charge in [0.1, 0.15) is 0 Å². The lowest BCUT2D eigenvalue weighted by Gasteiger charge is -2.31. The Morgan fingerprint density at radius 1 is 1.39 bits per heavy atom. The molecule has 0 aromatic rings. The number of carbonyl (C=O) groups excluding carboxylic acids is 1. The van der Waals surface area contributed by atoms with E-state index in [4.69, 9.17) is 4.74 Å². The van der Waals surface area contributed by atoms with Crippen LogP contribution in [-0.2, 0) is 4.74 Å². The van der Waals surface area contributed by atoms with Crippen molar-refractivity contribution in [2.24, 2.45) is 0 Å². The van der Waals surface area contributed by atoms with E-state index in [9.17, 15) is 4.79 Å². The van der Waals surface area contributed by atoms with E-state index in [2.05, 4.69) is 10.6 Å². The molecule has 1 unspecified atom stereocenters. The number of nitrogens with one attached hydrogen (secondary N) is 2. The number of hydrogen-bond acceptors (Lipinski definition) is 3. The number of ether oxygens (including phenoxy) is 1. The standard InChI is InChI=1S/C13H25N3O2/c1-18-9-8-16(10-12-6-3-7-14-12)13(17)15-11-4-2-5-11/h11-12,14H,2-10H2,1H3,(H,15,17). The summed E-state index contributed by atoms with van der Waals surface area (Å²) < 4.78 is 5.09. The highest BCUT2D eigenvalue weighted by Gasteiger charge is 2.25. The molecule has 0 spiro atoms. The number of methoxy groups -OCH3 is 1. The highest BCUT2D eigenvalue weighted by atomic mass is 16.5. The third-order valence-corrected chi connectivity index (χ3v) is 3.89. The Morgan fingerprint density at radius 2 is 2.22 bits per heavy atom. The minimum Gasteiger partial charge on any atom is -0.383 e. The normalized spacial score (nSPS) is 23.7. The molecule has 1 heterocycles. The van der Waals surface area contributed by atoms with Gasteiger partial charge < -0.3 is 20.3 Å². The first-order chi connectivity index (χ1) is 8.79. The van der Waals surface area contributed by atoms with Crippen LogP contribution in [0.15, 0.2) is 0 Å². The maximum Gasteiger partial charge on any atom is 0.317 e. The van der Waals surface area contributed by atoms with E-state index in [1.807, 2.05) is 4.90 Å². The first-order valence-electron chi connectivity index (χ1n) is 7.07. The van der Waals surface area contributed by atoms with Crippen LogP contribution in [0.4, 0.5) is 4.79 Å². The zero-order chi connectivity index (χ0) is 12.8. The molecule has 2 N–H and O–H groups in total. The molecule has 0 aromatic carbocycles. The predicted octanol–water partition coefficient (Wildman–Crippen LogP) is 0.949. The number of amides is 2. The Balaban J connectivity index is 1.79. The lowest BCUT2D eigenvalue weighted by molar-refractivity contribution is 0.140. The second-order valence-electron chi connectivity index (χ2n) is 5.31. The molecule has 1 saturated heterocycles. The van der Waals surface area contributed by atoms with Crippen LogP contribution in [0.25, 0.3) is 0 Å². The Labute approximate surface area is 109 Å². The molecular formula is C13H25N3O2. The van der Waals surface area contributed by atoms with Crippen molar-refractivity contribution in [1.82, 2.24) is 15.5 Å². The topological polar surface area (TPSA) is 53.6 Å². The molecule has 0 radical (unpaired) electrons. The highest BCUT2D eigenvalue weighted by molar-refractivity contribution is 5.74. The molecule has 104 valence electrons. The average Bonchev–Trinajstić information content (AvgIpc) is 2.81. The van der Waals surface area contributed by atoms with Crippen LogP contribution in [0.5, 0.6) is 0 Å². The third kappa shape index (κ3) is 3.85. The molecule has 0 bridgehead atoms. The fraction of sp³-hybridized carbons (Fsp3) is 0.923. The molecule has 2 amide bonds. The van der Waals surface area contributed by atoms with Crippen LogP contribution >= 0.6 is 0 Å². The van der Waals surface area contributed by atoms with E-state index in [0.29, 0.717) is 25.2 Å². The summed E-state index contributed by atoms with van der Waals surface area (Å²) in [4.78, 5) is 14.1. The molecule has 1 saturated carbocycles. The smallest absolute Gasteiger partial charge is 0.317 e. The molecule has 2 fully saturated rings. The van der Waals surface area contributed by atoms with Crippen LogP contribution in [0.1, 0.15) is 32.1 Å². The number of nitrogens with zero attached hydrogens (tertiary/aromatic N) is 1. The number of carbonyl (C=O) groups is 1. The van der Waals surface area contributed by atoms with Crippen LogP contribution < -0.4 is 10.6 Å². The van der Waals surface area contributed by atoms with E-state index in [1.165, 1.54) is 19.3 Å². The average molecular weight is 255 g/mol. The van der Waals surface area contributed by atoms with Gasteiger partial charge in [0.2, 0.25) is 0 Å². The van der Waals surface area contributed by atoms with Crippen LogP contribution in [0.2, 0.25) is 0 Å². The lowest BCUT2D eigenvalue weighted by atomic mass is 9.93. The molecule has 2 aliphatic rings. The van der Waals surface area contributed by atoms with E-state index in [1.54, 1.807) is 7.11 Å². The van der Waals surface area contributed by atoms with Crippen molar-refractivity contribution in [3.05, 3.63) is 0 Å². The van der Waals surface area contributed by atoms with Crippen LogP contribution in [-0.4, -0.2) is 56.4 Å². The van der Waals surface area contributed by atoms with E-state index in [-0.39, 0.29) is 6.03 Å². The van der Waals surface area contributed by atoms with Gasteiger partial charge in [-0.25, -0.2) is 4.79 Å². The van der Waals surface area contributed by atoms with E-state index >= 15 is 0 Å². The highest BCUT2D eigenvalue weighted by Crippen LogP contribution is 2.18. The summed E-state index contributed by atoms with van der Waals surface area (Å²) in [6.07, 6.45) is 5.89. The van der Waals surface area contributed by atoms with Crippen molar-refractivity contribution in [3.8, 4) is 0 Å². The summed E-state index contributed by atoms with van der Waals surface area (Å²) in [5, 5.41) is 6.54. The van der Waals surface area contributed by atoms with Crippen molar-refractivity contribution in [2.75, 3.05) is 33.4 Å². The number of urea groups is 1. The van der Waals surface area contributed by atoms with Gasteiger partial charge in [0.25, 0.3) is 0 Å². The third-order valence-electron chi connectivity index (χ3n) is 3.89. The van der Waals surface area contributed by atoms with Crippen molar-refractivity contribution in [1.29, 1.82) is 0 Å². The van der Waals surface area contributed by atoms with Crippen LogP contribution in [0.3, 0.4) is 0 Å². The Morgan fingerprint density at radius 3 is 2.78 bits per heavy atom. The van der Waals surface area contributed by atoms with Crippen molar-refractivity contribution in [2.45, 2.75) is 44.2 Å². The summed E-state index contributed by atoms with van der Waals surface area (Å²) in [6.45, 7) is 3.15. The monoisotopic (exact) mass is 255 g/mol. The quantitative estimate of drug-likeness (QED) is 0.743. The molecule has 1 aliphatic heterocycles. The van der Waals surface area contributed by atoms with Gasteiger partial charge in [-0.15, -0.1) is 0 Å². The second-order valence-corrected chi connectivity index (χ2v) is 5.31. The minimum absolute atomic E-state index is 0.0745. The first-order valence-corrected chi connectivity index (χ1v) is 7.07. The molecule has 5 nitrogen and oxygen atoms in total. The molecule has 1 aliphatic carbocycles. The van der Waals surface area contributed by atoms with Gasteiger partial charge in [0.15, 0.2) is 0 Å².